The molecule has 1 saturated carbocycles. The molecule has 1 fully saturated rings. The summed E-state index contributed by atoms with van der Waals surface area (Å²) in [6.07, 6.45) is 2.48. The number of hydrogen-bond donors (Lipinski definition) is 2. The highest BCUT2D eigenvalue weighted by molar-refractivity contribution is 5.80. The second kappa shape index (κ2) is 6.87. The van der Waals surface area contributed by atoms with Crippen molar-refractivity contribution in [3.63, 3.8) is 0 Å². The van der Waals surface area contributed by atoms with Crippen molar-refractivity contribution in [2.24, 2.45) is 4.99 Å². The summed E-state index contributed by atoms with van der Waals surface area (Å²) in [4.78, 5) is 4.16. The van der Waals surface area contributed by atoms with Crippen LogP contribution in [0.1, 0.15) is 12.8 Å². The average Bonchev–Trinajstić information content (AvgIpc) is 3.27. The van der Waals surface area contributed by atoms with Crippen LogP contribution in [0.5, 0.6) is 11.5 Å². The van der Waals surface area contributed by atoms with Gasteiger partial charge in [-0.05, 0) is 37.1 Å². The molecule has 0 unspecified atom stereocenters. The van der Waals surface area contributed by atoms with Gasteiger partial charge in [0.1, 0.15) is 18.1 Å². The van der Waals surface area contributed by atoms with Gasteiger partial charge in [-0.3, -0.25) is 4.99 Å². The zero-order valence-corrected chi connectivity index (χ0v) is 11.5. The third-order valence-corrected chi connectivity index (χ3v) is 2.86. The predicted octanol–water partition coefficient (Wildman–Crippen LogP) is 1.40. The highest BCUT2D eigenvalue weighted by Crippen LogP contribution is 2.18. The fraction of sp³-hybridized carbons (Fsp3) is 0.500. The molecule has 0 aromatic heterocycles. The fourth-order valence-electron chi connectivity index (χ4n) is 1.63. The number of nitrogens with one attached hydrogen (secondary N) is 2. The van der Waals surface area contributed by atoms with Crippen molar-refractivity contribution in [1.82, 2.24) is 10.6 Å². The van der Waals surface area contributed by atoms with Crippen LogP contribution in [-0.2, 0) is 0 Å². The topological polar surface area (TPSA) is 54.9 Å². The normalized spacial score (nSPS) is 14.9. The summed E-state index contributed by atoms with van der Waals surface area (Å²) in [5.74, 6) is 2.52. The molecule has 0 spiro atoms. The van der Waals surface area contributed by atoms with Crippen LogP contribution >= 0.6 is 0 Å². The van der Waals surface area contributed by atoms with Crippen molar-refractivity contribution in [1.29, 1.82) is 0 Å². The van der Waals surface area contributed by atoms with Gasteiger partial charge in [-0.2, -0.15) is 0 Å². The molecule has 2 N–H and O–H groups in total. The van der Waals surface area contributed by atoms with Gasteiger partial charge in [0.15, 0.2) is 5.96 Å². The van der Waals surface area contributed by atoms with Crippen molar-refractivity contribution >= 4 is 5.96 Å². The molecule has 0 atom stereocenters. The number of hydrogen-bond acceptors (Lipinski definition) is 3. The molecule has 19 heavy (non-hydrogen) atoms. The summed E-state index contributed by atoms with van der Waals surface area (Å²) < 4.78 is 10.7. The maximum atomic E-state index is 5.62. The molecular weight excluding hydrogens is 242 g/mol. The largest absolute Gasteiger partial charge is 0.497 e. The number of aliphatic imine (C=N–C) groups is 1. The lowest BCUT2D eigenvalue weighted by Crippen LogP contribution is -2.40. The van der Waals surface area contributed by atoms with Crippen LogP contribution in [0.2, 0.25) is 0 Å². The van der Waals surface area contributed by atoms with Crippen molar-refractivity contribution < 1.29 is 9.47 Å². The SMILES string of the molecule is CN=C(NCCOc1ccc(OC)cc1)NC1CC1. The molecular formula is C14H21N3O2. The van der Waals surface area contributed by atoms with E-state index in [1.54, 1.807) is 14.2 Å². The molecule has 1 aromatic rings. The first-order chi connectivity index (χ1) is 9.31. The predicted molar refractivity (Wildman–Crippen MR) is 76.0 cm³/mol. The molecule has 0 radical (unpaired) electrons. The van der Waals surface area contributed by atoms with E-state index in [2.05, 4.69) is 15.6 Å². The molecule has 1 aliphatic rings. The quantitative estimate of drug-likeness (QED) is 0.463. The van der Waals surface area contributed by atoms with Crippen LogP contribution in [0.4, 0.5) is 0 Å². The number of guanidine groups is 1. The molecule has 5 heteroatoms. The van der Waals surface area contributed by atoms with E-state index in [4.69, 9.17) is 9.47 Å². The second-order valence-corrected chi connectivity index (χ2v) is 4.44. The van der Waals surface area contributed by atoms with E-state index in [1.165, 1.54) is 12.8 Å². The first kappa shape index (κ1) is 13.5. The molecule has 104 valence electrons. The Morgan fingerprint density at radius 2 is 1.95 bits per heavy atom. The number of ether oxygens (including phenoxy) is 2. The van der Waals surface area contributed by atoms with E-state index in [-0.39, 0.29) is 0 Å². The van der Waals surface area contributed by atoms with Gasteiger partial charge in [0.05, 0.1) is 13.7 Å². The first-order valence-electron chi connectivity index (χ1n) is 6.56. The monoisotopic (exact) mass is 263 g/mol. The van der Waals surface area contributed by atoms with E-state index < -0.39 is 0 Å². The van der Waals surface area contributed by atoms with Gasteiger partial charge in [0, 0.05) is 13.1 Å². The fourth-order valence-corrected chi connectivity index (χ4v) is 1.63. The standard InChI is InChI=1S/C14H21N3O2/c1-15-14(17-11-3-4-11)16-9-10-19-13-7-5-12(18-2)6-8-13/h5-8,11H,3-4,9-10H2,1-2H3,(H2,15,16,17). The van der Waals surface area contributed by atoms with Gasteiger partial charge in [-0.15, -0.1) is 0 Å². The van der Waals surface area contributed by atoms with Crippen LogP contribution in [0.15, 0.2) is 29.3 Å². The Morgan fingerprint density at radius 3 is 2.53 bits per heavy atom. The molecule has 0 bridgehead atoms. The van der Waals surface area contributed by atoms with Crippen LogP contribution in [0, 0.1) is 0 Å². The molecule has 0 heterocycles. The Labute approximate surface area is 114 Å². The number of nitrogens with zero attached hydrogens (tertiary/aromatic N) is 1. The Kier molecular flexibility index (Phi) is 4.89. The minimum absolute atomic E-state index is 0.595. The molecule has 2 rings (SSSR count). The number of benzene rings is 1. The lowest BCUT2D eigenvalue weighted by Gasteiger charge is -2.12. The van der Waals surface area contributed by atoms with Gasteiger partial charge in [-0.25, -0.2) is 0 Å². The molecule has 0 aliphatic heterocycles. The van der Waals surface area contributed by atoms with Crippen LogP contribution < -0.4 is 20.1 Å². The minimum atomic E-state index is 0.595. The summed E-state index contributed by atoms with van der Waals surface area (Å²) in [5.41, 5.74) is 0. The summed E-state index contributed by atoms with van der Waals surface area (Å²) in [6.45, 7) is 1.32. The first-order valence-corrected chi connectivity index (χ1v) is 6.56. The lowest BCUT2D eigenvalue weighted by atomic mass is 10.3. The Morgan fingerprint density at radius 1 is 1.26 bits per heavy atom. The molecule has 5 nitrogen and oxygen atoms in total. The Balaban J connectivity index is 1.64. The van der Waals surface area contributed by atoms with Gasteiger partial charge in [-0.1, -0.05) is 0 Å². The van der Waals surface area contributed by atoms with Gasteiger partial charge >= 0.3 is 0 Å². The molecule has 1 aromatic carbocycles. The van der Waals surface area contributed by atoms with Crippen molar-refractivity contribution in [3.8, 4) is 11.5 Å². The highest BCUT2D eigenvalue weighted by Gasteiger charge is 2.21. The van der Waals surface area contributed by atoms with Gasteiger partial charge in [0.25, 0.3) is 0 Å². The van der Waals surface area contributed by atoms with E-state index in [9.17, 15) is 0 Å². The zero-order valence-electron chi connectivity index (χ0n) is 11.5. The van der Waals surface area contributed by atoms with Crippen molar-refractivity contribution in [3.05, 3.63) is 24.3 Å². The number of methoxy groups -OCH3 is 1. The lowest BCUT2D eigenvalue weighted by molar-refractivity contribution is 0.321. The van der Waals surface area contributed by atoms with Gasteiger partial charge < -0.3 is 20.1 Å². The summed E-state index contributed by atoms with van der Waals surface area (Å²) >= 11 is 0. The zero-order chi connectivity index (χ0) is 13.5. The van der Waals surface area contributed by atoms with Crippen LogP contribution in [0.25, 0.3) is 0 Å². The summed E-state index contributed by atoms with van der Waals surface area (Å²) in [7, 11) is 3.43. The Bertz CT molecular complexity index is 413. The number of rotatable bonds is 6. The van der Waals surface area contributed by atoms with Crippen LogP contribution in [-0.4, -0.2) is 39.3 Å². The maximum Gasteiger partial charge on any atom is 0.191 e. The van der Waals surface area contributed by atoms with Crippen molar-refractivity contribution in [2.45, 2.75) is 18.9 Å². The highest BCUT2D eigenvalue weighted by atomic mass is 16.5. The van der Waals surface area contributed by atoms with E-state index in [0.29, 0.717) is 12.6 Å². The molecule has 0 saturated heterocycles. The molecule has 1 aliphatic carbocycles. The van der Waals surface area contributed by atoms with Crippen molar-refractivity contribution in [2.75, 3.05) is 27.3 Å². The second-order valence-electron chi connectivity index (χ2n) is 4.44. The van der Waals surface area contributed by atoms with E-state index >= 15 is 0 Å². The third kappa shape index (κ3) is 4.69. The van der Waals surface area contributed by atoms with E-state index in [1.807, 2.05) is 24.3 Å². The Hall–Kier alpha value is -1.91. The average molecular weight is 263 g/mol. The minimum Gasteiger partial charge on any atom is -0.497 e. The summed E-state index contributed by atoms with van der Waals surface area (Å²) in [6, 6.07) is 8.17. The third-order valence-electron chi connectivity index (χ3n) is 2.86. The smallest absolute Gasteiger partial charge is 0.191 e. The van der Waals surface area contributed by atoms with Crippen LogP contribution in [0.3, 0.4) is 0 Å². The van der Waals surface area contributed by atoms with E-state index in [0.717, 1.165) is 24.0 Å². The maximum absolute atomic E-state index is 5.62. The summed E-state index contributed by atoms with van der Waals surface area (Å²) in [5, 5.41) is 6.54. The van der Waals surface area contributed by atoms with Gasteiger partial charge in [0.2, 0.25) is 0 Å². The molecule has 0 amide bonds.